The van der Waals surface area contributed by atoms with Crippen LogP contribution in [0.1, 0.15) is 29.2 Å². The summed E-state index contributed by atoms with van der Waals surface area (Å²) in [6, 6.07) is 33.1. The van der Waals surface area contributed by atoms with Crippen LogP contribution in [0, 0.1) is 5.92 Å². The highest BCUT2D eigenvalue weighted by molar-refractivity contribution is 6.26. The normalized spacial score (nSPS) is 14.0. The first-order valence-corrected chi connectivity index (χ1v) is 16.3. The van der Waals surface area contributed by atoms with Crippen LogP contribution in [0.5, 0.6) is 11.5 Å². The predicted octanol–water partition coefficient (Wildman–Crippen LogP) is 7.12. The van der Waals surface area contributed by atoms with E-state index < -0.39 is 23.5 Å². The van der Waals surface area contributed by atoms with E-state index in [2.05, 4.69) is 77.6 Å². The van der Waals surface area contributed by atoms with Gasteiger partial charge in [-0.1, -0.05) is 79.7 Å². The Morgan fingerprint density at radius 3 is 1.74 bits per heavy atom. The van der Waals surface area contributed by atoms with Crippen molar-refractivity contribution in [2.45, 2.75) is 18.4 Å². The molecule has 7 nitrogen and oxygen atoms in total. The minimum atomic E-state index is -0.612. The van der Waals surface area contributed by atoms with Crippen LogP contribution in [0.15, 0.2) is 97.1 Å². The van der Waals surface area contributed by atoms with Gasteiger partial charge >= 0.3 is 11.9 Å². The molecule has 0 saturated carbocycles. The molecule has 2 unspecified atom stereocenters. The lowest BCUT2D eigenvalue weighted by Gasteiger charge is -2.34. The monoisotopic (exact) mass is 681 g/mol. The molecule has 1 N–H and O–H groups in total. The summed E-state index contributed by atoms with van der Waals surface area (Å²) in [6.07, 6.45) is -0.612. The van der Waals surface area contributed by atoms with Gasteiger partial charge in [0.1, 0.15) is 36.6 Å². The lowest BCUT2D eigenvalue weighted by Crippen LogP contribution is -2.29. The minimum absolute atomic E-state index is 0.00768. The molecule has 0 bridgehead atoms. The van der Waals surface area contributed by atoms with Crippen molar-refractivity contribution in [2.24, 2.45) is 5.92 Å². The fraction of sp³-hybridized carbons (Fsp3) is 0.278. The predicted molar refractivity (Wildman–Crippen MR) is 180 cm³/mol. The Labute approximate surface area is 283 Å². The highest BCUT2D eigenvalue weighted by atomic mass is 35.5. The van der Waals surface area contributed by atoms with Gasteiger partial charge in [-0.15, -0.1) is 23.2 Å². The molecule has 1 aliphatic carbocycles. The SMILES string of the molecule is CC(COC(=O)CNCl)COc1ccc(C2(c3ccc(OCC(CCl)OC(=O)CCl)cc3)c3ccccc3-c3ccccc32)cc1. The number of alkyl halides is 2. The first kappa shape index (κ1) is 33.6. The van der Waals surface area contributed by atoms with Gasteiger partial charge in [-0.2, -0.15) is 0 Å². The largest absolute Gasteiger partial charge is 0.493 e. The quantitative estimate of drug-likeness (QED) is 0.0716. The van der Waals surface area contributed by atoms with E-state index in [-0.39, 0.29) is 37.4 Å². The van der Waals surface area contributed by atoms with E-state index in [9.17, 15) is 9.59 Å². The van der Waals surface area contributed by atoms with Gasteiger partial charge in [0.2, 0.25) is 0 Å². The smallest absolute Gasteiger partial charge is 0.321 e. The molecule has 0 saturated heterocycles. The molecule has 2 atom stereocenters. The third-order valence-electron chi connectivity index (χ3n) is 7.82. The number of benzene rings is 4. The van der Waals surface area contributed by atoms with Gasteiger partial charge in [0.15, 0.2) is 0 Å². The zero-order valence-corrected chi connectivity index (χ0v) is 27.5. The second kappa shape index (κ2) is 15.7. The van der Waals surface area contributed by atoms with Gasteiger partial charge < -0.3 is 18.9 Å². The molecule has 0 aromatic heterocycles. The molecular weight excluding hydrogens is 649 g/mol. The zero-order valence-electron chi connectivity index (χ0n) is 25.2. The molecule has 240 valence electrons. The van der Waals surface area contributed by atoms with Gasteiger partial charge in [-0.3, -0.25) is 9.59 Å². The Bertz CT molecular complexity index is 1580. The Morgan fingerprint density at radius 1 is 0.717 bits per heavy atom. The van der Waals surface area contributed by atoms with Gasteiger partial charge in [0, 0.05) is 5.92 Å². The van der Waals surface area contributed by atoms with Gasteiger partial charge in [-0.25, -0.2) is 4.84 Å². The summed E-state index contributed by atoms with van der Waals surface area (Å²) < 4.78 is 22.4. The van der Waals surface area contributed by atoms with Crippen molar-refractivity contribution in [2.75, 3.05) is 38.1 Å². The summed E-state index contributed by atoms with van der Waals surface area (Å²) in [5.74, 6) is 0.218. The van der Waals surface area contributed by atoms with Crippen molar-refractivity contribution >= 4 is 46.9 Å². The summed E-state index contributed by atoms with van der Waals surface area (Å²) in [7, 11) is 0. The Hall–Kier alpha value is -3.75. The highest BCUT2D eigenvalue weighted by Crippen LogP contribution is 2.56. The van der Waals surface area contributed by atoms with Crippen LogP contribution in [0.2, 0.25) is 0 Å². The van der Waals surface area contributed by atoms with E-state index >= 15 is 0 Å². The third kappa shape index (κ3) is 7.29. The lowest BCUT2D eigenvalue weighted by molar-refractivity contribution is -0.146. The maximum atomic E-state index is 11.6. The number of carbonyl (C=O) groups excluding carboxylic acids is 2. The molecule has 1 aliphatic rings. The standard InChI is InChI=1S/C36H34Cl3NO6/c1-24(22-45-35(42)20-40-39)21-43-27-14-10-25(11-15-27)36(32-8-4-2-6-30(32)31-7-3-5-9-33(31)36)26-12-16-28(17-13-26)44-23-29(18-37)46-34(41)19-38/h2-17,24,29,40H,18-23H2,1H3. The number of hydrogen-bond acceptors (Lipinski definition) is 7. The average Bonchev–Trinajstić information content (AvgIpc) is 3.40. The fourth-order valence-electron chi connectivity index (χ4n) is 5.77. The first-order valence-electron chi connectivity index (χ1n) is 14.9. The summed E-state index contributed by atoms with van der Waals surface area (Å²) >= 11 is 16.9. The summed E-state index contributed by atoms with van der Waals surface area (Å²) in [6.45, 7) is 2.62. The van der Waals surface area contributed by atoms with Crippen molar-refractivity contribution in [1.82, 2.24) is 4.84 Å². The molecule has 0 spiro atoms. The highest BCUT2D eigenvalue weighted by Gasteiger charge is 2.45. The van der Waals surface area contributed by atoms with Crippen molar-refractivity contribution in [3.8, 4) is 22.6 Å². The molecule has 5 rings (SSSR count). The van der Waals surface area contributed by atoms with Gasteiger partial charge in [-0.05, 0) is 69.4 Å². The summed E-state index contributed by atoms with van der Waals surface area (Å²) in [5, 5.41) is 0. The summed E-state index contributed by atoms with van der Waals surface area (Å²) in [4.78, 5) is 25.5. The molecule has 0 aliphatic heterocycles. The minimum Gasteiger partial charge on any atom is -0.493 e. The van der Waals surface area contributed by atoms with Gasteiger partial charge in [0.05, 0.1) is 24.5 Å². The Balaban J connectivity index is 1.43. The maximum absolute atomic E-state index is 11.6. The van der Waals surface area contributed by atoms with E-state index in [0.717, 1.165) is 11.1 Å². The molecule has 46 heavy (non-hydrogen) atoms. The van der Waals surface area contributed by atoms with Crippen LogP contribution >= 0.6 is 35.0 Å². The molecule has 4 aromatic rings. The van der Waals surface area contributed by atoms with Crippen molar-refractivity contribution in [1.29, 1.82) is 0 Å². The van der Waals surface area contributed by atoms with Crippen LogP contribution in [-0.2, 0) is 24.5 Å². The zero-order chi connectivity index (χ0) is 32.5. The van der Waals surface area contributed by atoms with Crippen LogP contribution in [0.3, 0.4) is 0 Å². The maximum Gasteiger partial charge on any atom is 0.321 e. The molecule has 0 radical (unpaired) electrons. The lowest BCUT2D eigenvalue weighted by atomic mass is 9.68. The van der Waals surface area contributed by atoms with E-state index in [1.54, 1.807) is 0 Å². The van der Waals surface area contributed by atoms with Gasteiger partial charge in [0.25, 0.3) is 0 Å². The van der Waals surface area contributed by atoms with E-state index in [0.29, 0.717) is 18.1 Å². The van der Waals surface area contributed by atoms with E-state index in [1.807, 2.05) is 31.2 Å². The van der Waals surface area contributed by atoms with Crippen LogP contribution < -0.4 is 14.3 Å². The number of hydrogen-bond donors (Lipinski definition) is 1. The molecule has 0 amide bonds. The van der Waals surface area contributed by atoms with Crippen LogP contribution in [0.4, 0.5) is 0 Å². The first-order chi connectivity index (χ1) is 22.4. The second-order valence-electron chi connectivity index (χ2n) is 11.0. The second-order valence-corrected chi connectivity index (χ2v) is 11.9. The number of fused-ring (bicyclic) bond motifs is 3. The molecule has 0 heterocycles. The number of ether oxygens (including phenoxy) is 4. The van der Waals surface area contributed by atoms with Crippen molar-refractivity contribution in [3.63, 3.8) is 0 Å². The Morgan fingerprint density at radius 2 is 1.24 bits per heavy atom. The van der Waals surface area contributed by atoms with E-state index in [1.165, 1.54) is 22.3 Å². The number of esters is 2. The number of rotatable bonds is 15. The topological polar surface area (TPSA) is 83.1 Å². The van der Waals surface area contributed by atoms with E-state index in [4.69, 9.17) is 53.9 Å². The molecule has 4 aromatic carbocycles. The summed E-state index contributed by atoms with van der Waals surface area (Å²) in [5.41, 5.74) is 6.25. The number of nitrogens with one attached hydrogen (secondary N) is 1. The van der Waals surface area contributed by atoms with Crippen LogP contribution in [0.25, 0.3) is 11.1 Å². The number of carbonyl (C=O) groups is 2. The van der Waals surface area contributed by atoms with Crippen molar-refractivity contribution < 1.29 is 28.5 Å². The Kier molecular flexibility index (Phi) is 11.5. The average molecular weight is 683 g/mol. The fourth-order valence-corrected chi connectivity index (χ4v) is 6.09. The molecule has 0 fully saturated rings. The van der Waals surface area contributed by atoms with Crippen molar-refractivity contribution in [3.05, 3.63) is 119 Å². The number of halogens is 3. The molecule has 10 heteroatoms. The third-order valence-corrected chi connectivity index (χ3v) is 8.51. The van der Waals surface area contributed by atoms with Crippen LogP contribution in [-0.4, -0.2) is 56.2 Å². The molecular formula is C36H34Cl3NO6.